The maximum absolute atomic E-state index is 11.5. The van der Waals surface area contributed by atoms with Gasteiger partial charge < -0.3 is 9.47 Å². The molecule has 1 heterocycles. The average molecular weight is 285 g/mol. The zero-order valence-corrected chi connectivity index (χ0v) is 12.3. The van der Waals surface area contributed by atoms with E-state index < -0.39 is 0 Å². The monoisotopic (exact) mass is 285 g/mol. The Morgan fingerprint density at radius 3 is 2.42 bits per heavy atom. The van der Waals surface area contributed by atoms with Gasteiger partial charge in [0.05, 0.1) is 36.8 Å². The fraction of sp³-hybridized carbons (Fsp3) is 0.615. The number of rotatable bonds is 7. The van der Waals surface area contributed by atoms with Crippen molar-refractivity contribution in [1.82, 2.24) is 4.98 Å². The lowest BCUT2D eigenvalue weighted by atomic mass is 10.2. The molecule has 0 amide bonds. The van der Waals surface area contributed by atoms with Crippen LogP contribution in [0.25, 0.3) is 0 Å². The number of carbonyl (C=O) groups excluding carboxylic acids is 2. The molecule has 6 heteroatoms. The molecule has 0 aliphatic rings. The van der Waals surface area contributed by atoms with Crippen molar-refractivity contribution in [1.29, 1.82) is 0 Å². The van der Waals surface area contributed by atoms with E-state index in [1.807, 2.05) is 6.92 Å². The van der Waals surface area contributed by atoms with Gasteiger partial charge in [-0.3, -0.25) is 9.59 Å². The second-order valence-corrected chi connectivity index (χ2v) is 5.18. The molecule has 0 unspecified atom stereocenters. The standard InChI is InChI=1S/C13H19NO4S/c1-4-17-12(15)7-6-11-10(14-9(3)19-11)8-13(16)18-5-2/h4-8H2,1-3H3. The van der Waals surface area contributed by atoms with Gasteiger partial charge in [0, 0.05) is 4.88 Å². The summed E-state index contributed by atoms with van der Waals surface area (Å²) in [5.41, 5.74) is 0.713. The zero-order valence-electron chi connectivity index (χ0n) is 11.5. The van der Waals surface area contributed by atoms with Crippen molar-refractivity contribution in [2.75, 3.05) is 13.2 Å². The Morgan fingerprint density at radius 1 is 1.16 bits per heavy atom. The van der Waals surface area contributed by atoms with E-state index in [9.17, 15) is 9.59 Å². The van der Waals surface area contributed by atoms with Crippen molar-refractivity contribution in [3.63, 3.8) is 0 Å². The van der Waals surface area contributed by atoms with Crippen LogP contribution in [0.5, 0.6) is 0 Å². The first-order chi connectivity index (χ1) is 9.06. The van der Waals surface area contributed by atoms with Crippen molar-refractivity contribution in [3.05, 3.63) is 15.6 Å². The van der Waals surface area contributed by atoms with Gasteiger partial charge in [-0.2, -0.15) is 0 Å². The molecule has 0 aliphatic heterocycles. The van der Waals surface area contributed by atoms with Crippen LogP contribution in [0.2, 0.25) is 0 Å². The minimum atomic E-state index is -0.287. The number of ether oxygens (including phenoxy) is 2. The van der Waals surface area contributed by atoms with E-state index >= 15 is 0 Å². The topological polar surface area (TPSA) is 65.5 Å². The second kappa shape index (κ2) is 7.89. The molecule has 1 aromatic rings. The summed E-state index contributed by atoms with van der Waals surface area (Å²) < 4.78 is 9.79. The van der Waals surface area contributed by atoms with E-state index in [-0.39, 0.29) is 18.4 Å². The molecule has 0 aromatic carbocycles. The molecule has 106 valence electrons. The normalized spacial score (nSPS) is 10.3. The van der Waals surface area contributed by atoms with Crippen LogP contribution >= 0.6 is 11.3 Å². The highest BCUT2D eigenvalue weighted by Gasteiger charge is 2.15. The summed E-state index contributed by atoms with van der Waals surface area (Å²) in [5, 5.41) is 0.887. The molecule has 0 atom stereocenters. The second-order valence-electron chi connectivity index (χ2n) is 3.89. The zero-order chi connectivity index (χ0) is 14.3. The Hall–Kier alpha value is -1.43. The van der Waals surface area contributed by atoms with Gasteiger partial charge in [0.15, 0.2) is 0 Å². The average Bonchev–Trinajstić information content (AvgIpc) is 2.67. The Morgan fingerprint density at radius 2 is 1.79 bits per heavy atom. The minimum absolute atomic E-state index is 0.163. The fourth-order valence-electron chi connectivity index (χ4n) is 1.64. The largest absolute Gasteiger partial charge is 0.466 e. The number of hydrogen-bond donors (Lipinski definition) is 0. The molecule has 0 N–H and O–H groups in total. The summed E-state index contributed by atoms with van der Waals surface area (Å²) in [6, 6.07) is 0. The van der Waals surface area contributed by atoms with Crippen LogP contribution in [0, 0.1) is 6.92 Å². The van der Waals surface area contributed by atoms with Crippen LogP contribution in [-0.2, 0) is 31.9 Å². The van der Waals surface area contributed by atoms with Gasteiger partial charge >= 0.3 is 11.9 Å². The number of carbonyl (C=O) groups is 2. The van der Waals surface area contributed by atoms with Crippen LogP contribution in [0.4, 0.5) is 0 Å². The molecule has 5 nitrogen and oxygen atoms in total. The third-order valence-corrected chi connectivity index (χ3v) is 3.44. The molecule has 0 radical (unpaired) electrons. The first kappa shape index (κ1) is 15.6. The summed E-state index contributed by atoms with van der Waals surface area (Å²) >= 11 is 1.51. The number of nitrogens with zero attached hydrogens (tertiary/aromatic N) is 1. The summed E-state index contributed by atoms with van der Waals surface area (Å²) in [4.78, 5) is 28.1. The van der Waals surface area contributed by atoms with Gasteiger partial charge in [-0.1, -0.05) is 0 Å². The molecule has 1 aromatic heterocycles. The lowest BCUT2D eigenvalue weighted by Crippen LogP contribution is -2.10. The van der Waals surface area contributed by atoms with E-state index in [2.05, 4.69) is 4.98 Å². The molecular weight excluding hydrogens is 266 g/mol. The smallest absolute Gasteiger partial charge is 0.311 e. The highest BCUT2D eigenvalue weighted by Crippen LogP contribution is 2.20. The highest BCUT2D eigenvalue weighted by atomic mass is 32.1. The Bertz CT molecular complexity index is 442. The number of aromatic nitrogens is 1. The van der Waals surface area contributed by atoms with E-state index in [1.165, 1.54) is 11.3 Å². The number of hydrogen-bond acceptors (Lipinski definition) is 6. The van der Waals surface area contributed by atoms with Crippen LogP contribution in [0.1, 0.15) is 35.8 Å². The molecular formula is C13H19NO4S. The van der Waals surface area contributed by atoms with Gasteiger partial charge in [0.25, 0.3) is 0 Å². The van der Waals surface area contributed by atoms with Crippen molar-refractivity contribution in [2.24, 2.45) is 0 Å². The molecule has 0 fully saturated rings. The summed E-state index contributed by atoms with van der Waals surface area (Å²) in [5.74, 6) is -0.513. The van der Waals surface area contributed by atoms with Crippen molar-refractivity contribution >= 4 is 23.3 Å². The quantitative estimate of drug-likeness (QED) is 0.717. The molecule has 0 saturated carbocycles. The van der Waals surface area contributed by atoms with Crippen molar-refractivity contribution in [3.8, 4) is 0 Å². The molecule has 0 aliphatic carbocycles. The van der Waals surface area contributed by atoms with Gasteiger partial charge in [-0.05, 0) is 27.2 Å². The summed E-state index contributed by atoms with van der Waals surface area (Å²) in [7, 11) is 0. The first-order valence-corrected chi connectivity index (χ1v) is 7.14. The van der Waals surface area contributed by atoms with Crippen LogP contribution in [0.15, 0.2) is 0 Å². The predicted molar refractivity (Wildman–Crippen MR) is 72.1 cm³/mol. The van der Waals surface area contributed by atoms with Gasteiger partial charge in [-0.25, -0.2) is 4.98 Å². The number of thiazole rings is 1. The van der Waals surface area contributed by atoms with E-state index in [4.69, 9.17) is 9.47 Å². The SMILES string of the molecule is CCOC(=O)CCc1sc(C)nc1CC(=O)OCC. The summed E-state index contributed by atoms with van der Waals surface area (Å²) in [6.45, 7) is 6.18. The number of aryl methyl sites for hydroxylation is 2. The summed E-state index contributed by atoms with van der Waals surface area (Å²) in [6.07, 6.45) is 1.03. The van der Waals surface area contributed by atoms with Gasteiger partial charge in [-0.15, -0.1) is 11.3 Å². The molecule has 19 heavy (non-hydrogen) atoms. The Kier molecular flexibility index (Phi) is 6.49. The predicted octanol–water partition coefficient (Wildman–Crippen LogP) is 2.05. The lowest BCUT2D eigenvalue weighted by Gasteiger charge is -2.03. The maximum Gasteiger partial charge on any atom is 0.311 e. The molecule has 0 spiro atoms. The highest BCUT2D eigenvalue weighted by molar-refractivity contribution is 7.11. The van der Waals surface area contributed by atoms with E-state index in [0.717, 1.165) is 9.88 Å². The maximum atomic E-state index is 11.5. The molecule has 0 saturated heterocycles. The van der Waals surface area contributed by atoms with Crippen molar-refractivity contribution < 1.29 is 19.1 Å². The Labute approximate surface area is 116 Å². The molecule has 0 bridgehead atoms. The molecule has 1 rings (SSSR count). The Balaban J connectivity index is 2.62. The van der Waals surface area contributed by atoms with Crippen LogP contribution in [0.3, 0.4) is 0 Å². The van der Waals surface area contributed by atoms with Gasteiger partial charge in [0.1, 0.15) is 0 Å². The first-order valence-electron chi connectivity index (χ1n) is 6.33. The third kappa shape index (κ3) is 5.38. The van der Waals surface area contributed by atoms with Crippen LogP contribution in [-0.4, -0.2) is 30.1 Å². The van der Waals surface area contributed by atoms with Crippen LogP contribution < -0.4 is 0 Å². The van der Waals surface area contributed by atoms with Crippen molar-refractivity contribution in [2.45, 2.75) is 40.0 Å². The number of esters is 2. The van der Waals surface area contributed by atoms with E-state index in [0.29, 0.717) is 31.7 Å². The fourth-order valence-corrected chi connectivity index (χ4v) is 2.60. The lowest BCUT2D eigenvalue weighted by molar-refractivity contribution is -0.143. The minimum Gasteiger partial charge on any atom is -0.466 e. The van der Waals surface area contributed by atoms with E-state index in [1.54, 1.807) is 13.8 Å². The third-order valence-electron chi connectivity index (χ3n) is 2.36. The van der Waals surface area contributed by atoms with Gasteiger partial charge in [0.2, 0.25) is 0 Å².